The topological polar surface area (TPSA) is 144 Å². The summed E-state index contributed by atoms with van der Waals surface area (Å²) < 4.78 is 18.4. The lowest BCUT2D eigenvalue weighted by Gasteiger charge is -1.72. The maximum atomic E-state index is 9.19. The minimum Gasteiger partial charge on any atom is -0.450 e. The maximum absolute atomic E-state index is 9.19. The molecule has 7 nitrogen and oxygen atoms in total. The summed E-state index contributed by atoms with van der Waals surface area (Å²) in [6.45, 7) is 0. The molecule has 0 saturated heterocycles. The minimum atomic E-state index is -3.67. The molecule has 0 saturated carbocycles. The van der Waals surface area contributed by atoms with Crippen LogP contribution in [0.5, 0.6) is 0 Å². The van der Waals surface area contributed by atoms with E-state index in [4.69, 9.17) is 15.0 Å². The van der Waals surface area contributed by atoms with Crippen LogP contribution in [0.3, 0.4) is 0 Å². The highest BCUT2D eigenvalue weighted by atomic mass is 32.2. The summed E-state index contributed by atoms with van der Waals surface area (Å²) in [5.41, 5.74) is 0. The molecule has 0 aromatic rings. The lowest BCUT2D eigenvalue weighted by atomic mass is 11.5. The van der Waals surface area contributed by atoms with Crippen LogP contribution in [-0.2, 0) is 10.2 Å². The Balaban J connectivity index is 0. The van der Waals surface area contributed by atoms with Gasteiger partial charge in [-0.3, -0.25) is 0 Å². The average molecular weight is 158 g/mol. The first-order valence-electron chi connectivity index (χ1n) is 1.46. The van der Waals surface area contributed by atoms with E-state index in [2.05, 4.69) is 10.3 Å². The third-order valence-electron chi connectivity index (χ3n) is 0. The van der Waals surface area contributed by atoms with Crippen molar-refractivity contribution in [2.45, 2.75) is 0 Å². The first-order valence-corrected chi connectivity index (χ1v) is 3.07. The number of carboxylic acid groups (broad SMARTS) is 2. The summed E-state index contributed by atoms with van der Waals surface area (Å²) in [4.78, 5) is 8.56. The van der Waals surface area contributed by atoms with Gasteiger partial charge in [0.15, 0.2) is 0 Å². The van der Waals surface area contributed by atoms with E-state index in [9.17, 15) is 8.42 Å². The van der Waals surface area contributed by atoms with Crippen molar-refractivity contribution in [3.05, 3.63) is 0 Å². The van der Waals surface area contributed by atoms with Crippen LogP contribution in [0, 0.1) is 0 Å². The molecule has 0 aromatic heterocycles. The van der Waals surface area contributed by atoms with Crippen molar-refractivity contribution in [1.29, 1.82) is 0 Å². The molecule has 9 heavy (non-hydrogen) atoms. The fourth-order valence-corrected chi connectivity index (χ4v) is 0. The molecular weight excluding hydrogens is 152 g/mol. The lowest BCUT2D eigenvalue weighted by Crippen LogP contribution is -2.21. The Morgan fingerprint density at radius 2 is 1.22 bits per heavy atom. The molecular formula is CH6N2O5S. The van der Waals surface area contributed by atoms with Crippen LogP contribution < -0.4 is 10.3 Å². The van der Waals surface area contributed by atoms with Crippen molar-refractivity contribution >= 4 is 16.4 Å². The molecule has 0 rings (SSSR count). The van der Waals surface area contributed by atoms with E-state index in [1.807, 2.05) is 0 Å². The molecule has 0 bridgehead atoms. The van der Waals surface area contributed by atoms with Gasteiger partial charge in [-0.1, -0.05) is 0 Å². The SMILES string of the molecule is NS(N)(=O)=O.O=C(O)O. The standard InChI is InChI=1S/CH2O3.H4N2O2S/c2-1(3)4;1-5(2,3)4/h(H2,2,3,4);(H4,1,2,3,4). The van der Waals surface area contributed by atoms with Gasteiger partial charge < -0.3 is 10.2 Å². The van der Waals surface area contributed by atoms with Crippen molar-refractivity contribution in [1.82, 2.24) is 0 Å². The van der Waals surface area contributed by atoms with Crippen LogP contribution in [0.1, 0.15) is 0 Å². The van der Waals surface area contributed by atoms with E-state index < -0.39 is 16.4 Å². The summed E-state index contributed by atoms with van der Waals surface area (Å²) >= 11 is 0. The number of nitrogens with two attached hydrogens (primary N) is 2. The minimum absolute atomic E-state index is 1.83. The van der Waals surface area contributed by atoms with Gasteiger partial charge in [-0.15, -0.1) is 0 Å². The normalized spacial score (nSPS) is 9.11. The molecule has 0 unspecified atom stereocenters. The lowest BCUT2D eigenvalue weighted by molar-refractivity contribution is 0.137. The maximum Gasteiger partial charge on any atom is 0.503 e. The highest BCUT2D eigenvalue weighted by Crippen LogP contribution is 1.42. The number of rotatable bonds is 0. The van der Waals surface area contributed by atoms with Crippen molar-refractivity contribution in [2.75, 3.05) is 0 Å². The number of hydrogen-bond acceptors (Lipinski definition) is 3. The van der Waals surface area contributed by atoms with Crippen LogP contribution in [-0.4, -0.2) is 24.8 Å². The summed E-state index contributed by atoms with van der Waals surface area (Å²) in [5.74, 6) is 0. The Morgan fingerprint density at radius 1 is 1.22 bits per heavy atom. The van der Waals surface area contributed by atoms with Crippen LogP contribution in [0.4, 0.5) is 4.79 Å². The predicted octanol–water partition coefficient (Wildman–Crippen LogP) is -1.63. The fourth-order valence-electron chi connectivity index (χ4n) is 0. The molecule has 8 heteroatoms. The van der Waals surface area contributed by atoms with E-state index in [0.29, 0.717) is 0 Å². The number of carbonyl (C=O) groups is 1. The van der Waals surface area contributed by atoms with Crippen molar-refractivity contribution in [2.24, 2.45) is 10.3 Å². The Bertz CT molecular complexity index is 157. The van der Waals surface area contributed by atoms with Gasteiger partial charge in [-0.2, -0.15) is 8.42 Å². The summed E-state index contributed by atoms with van der Waals surface area (Å²) in [7, 11) is -3.67. The fraction of sp³-hybridized carbons (Fsp3) is 0. The van der Waals surface area contributed by atoms with Crippen LogP contribution in [0.15, 0.2) is 0 Å². The molecule has 0 aliphatic heterocycles. The zero-order valence-electron chi connectivity index (χ0n) is 4.18. The van der Waals surface area contributed by atoms with Gasteiger partial charge in [0.25, 0.3) is 10.2 Å². The molecule has 0 amide bonds. The van der Waals surface area contributed by atoms with Gasteiger partial charge in [-0.05, 0) is 0 Å². The Hall–Kier alpha value is -0.860. The van der Waals surface area contributed by atoms with Crippen LogP contribution >= 0.6 is 0 Å². The highest BCUT2D eigenvalue weighted by molar-refractivity contribution is 7.86. The molecule has 0 aliphatic rings. The van der Waals surface area contributed by atoms with Crippen LogP contribution in [0.2, 0.25) is 0 Å². The zero-order valence-corrected chi connectivity index (χ0v) is 5.00. The Kier molecular flexibility index (Phi) is 4.97. The largest absolute Gasteiger partial charge is 0.503 e. The zero-order chi connectivity index (χ0) is 8.08. The van der Waals surface area contributed by atoms with Gasteiger partial charge in [0.05, 0.1) is 0 Å². The second-order valence-electron chi connectivity index (χ2n) is 0.872. The summed E-state index contributed by atoms with van der Waals surface area (Å²) in [6, 6.07) is 0. The molecule has 0 radical (unpaired) electrons. The predicted molar refractivity (Wildman–Crippen MR) is 27.9 cm³/mol. The molecule has 0 aromatic carbocycles. The van der Waals surface area contributed by atoms with Gasteiger partial charge in [0.1, 0.15) is 0 Å². The second-order valence-corrected chi connectivity index (χ2v) is 2.05. The third kappa shape index (κ3) is 255. The molecule has 0 aliphatic carbocycles. The Labute approximate surface area is 51.1 Å². The van der Waals surface area contributed by atoms with Crippen molar-refractivity contribution in [3.63, 3.8) is 0 Å². The van der Waals surface area contributed by atoms with E-state index in [1.165, 1.54) is 0 Å². The average Bonchev–Trinajstić information content (AvgIpc) is 1.19. The quantitative estimate of drug-likeness (QED) is 0.334. The van der Waals surface area contributed by atoms with Gasteiger partial charge in [-0.25, -0.2) is 15.1 Å². The van der Waals surface area contributed by atoms with E-state index in [-0.39, 0.29) is 0 Å². The first kappa shape index (κ1) is 11.0. The molecule has 0 spiro atoms. The van der Waals surface area contributed by atoms with Gasteiger partial charge in [0.2, 0.25) is 0 Å². The molecule has 56 valence electrons. The second kappa shape index (κ2) is 4.06. The Morgan fingerprint density at radius 3 is 1.22 bits per heavy atom. The third-order valence-corrected chi connectivity index (χ3v) is 0. The van der Waals surface area contributed by atoms with Gasteiger partial charge >= 0.3 is 6.16 Å². The van der Waals surface area contributed by atoms with E-state index in [1.54, 1.807) is 0 Å². The number of hydrogen-bond donors (Lipinski definition) is 4. The highest BCUT2D eigenvalue weighted by Gasteiger charge is 1.78. The van der Waals surface area contributed by atoms with Crippen LogP contribution in [0.25, 0.3) is 0 Å². The smallest absolute Gasteiger partial charge is 0.450 e. The van der Waals surface area contributed by atoms with E-state index in [0.717, 1.165) is 0 Å². The summed E-state index contributed by atoms with van der Waals surface area (Å²) in [6.07, 6.45) is -1.83. The molecule has 0 fully saturated rings. The van der Waals surface area contributed by atoms with E-state index >= 15 is 0 Å². The summed E-state index contributed by atoms with van der Waals surface area (Å²) in [5, 5.41) is 22.2. The van der Waals surface area contributed by atoms with Crippen molar-refractivity contribution < 1.29 is 23.4 Å². The molecule has 0 atom stereocenters. The monoisotopic (exact) mass is 158 g/mol. The molecule has 6 N–H and O–H groups in total. The van der Waals surface area contributed by atoms with Gasteiger partial charge in [0, 0.05) is 0 Å². The van der Waals surface area contributed by atoms with Crippen molar-refractivity contribution in [3.8, 4) is 0 Å². The first-order chi connectivity index (χ1) is 3.73. The molecule has 0 heterocycles.